The zero-order valence-electron chi connectivity index (χ0n) is 14.4. The van der Waals surface area contributed by atoms with E-state index in [9.17, 15) is 0 Å². The molecule has 1 saturated heterocycles. The van der Waals surface area contributed by atoms with Crippen molar-refractivity contribution < 1.29 is 0 Å². The van der Waals surface area contributed by atoms with Crippen molar-refractivity contribution in [2.75, 3.05) is 19.3 Å². The van der Waals surface area contributed by atoms with Gasteiger partial charge >= 0.3 is 0 Å². The maximum atomic E-state index is 4.09. The lowest BCUT2D eigenvalue weighted by Gasteiger charge is -2.46. The monoisotopic (exact) mass is 335 g/mol. The molecule has 0 unspecified atom stereocenters. The lowest BCUT2D eigenvalue weighted by Crippen LogP contribution is -2.46. The summed E-state index contributed by atoms with van der Waals surface area (Å²) >= 11 is 1.81. The first-order valence-corrected chi connectivity index (χ1v) is 10.1. The fraction of sp³-hybridized carbons (Fsp3) is 0.364. The predicted octanol–water partition coefficient (Wildman–Crippen LogP) is 5.42. The summed E-state index contributed by atoms with van der Waals surface area (Å²) in [6.45, 7) is 6.43. The molecule has 0 bridgehead atoms. The molecule has 2 atom stereocenters. The number of benzene rings is 2. The van der Waals surface area contributed by atoms with Crippen LogP contribution in [0.3, 0.4) is 0 Å². The fourth-order valence-corrected chi connectivity index (χ4v) is 5.13. The van der Waals surface area contributed by atoms with Gasteiger partial charge < -0.3 is 0 Å². The SMILES string of the molecule is C=CC[C@@]1(c2ccc(SC)cc2)CN2CCC[C@H]2c2ccccc21. The number of allylic oxidation sites excluding steroid dienone is 1. The lowest BCUT2D eigenvalue weighted by molar-refractivity contribution is 0.186. The summed E-state index contributed by atoms with van der Waals surface area (Å²) in [5, 5.41) is 0. The highest BCUT2D eigenvalue weighted by Crippen LogP contribution is 2.49. The van der Waals surface area contributed by atoms with Crippen LogP contribution in [0.25, 0.3) is 0 Å². The third-order valence-corrected chi connectivity index (χ3v) is 6.55. The highest BCUT2D eigenvalue weighted by molar-refractivity contribution is 7.98. The molecule has 1 fully saturated rings. The van der Waals surface area contributed by atoms with E-state index in [0.717, 1.165) is 13.0 Å². The molecule has 0 radical (unpaired) electrons. The van der Waals surface area contributed by atoms with Gasteiger partial charge in [0.2, 0.25) is 0 Å². The quantitative estimate of drug-likeness (QED) is 0.542. The average molecular weight is 336 g/mol. The van der Waals surface area contributed by atoms with Gasteiger partial charge in [0.05, 0.1) is 0 Å². The highest BCUT2D eigenvalue weighted by Gasteiger charge is 2.45. The molecule has 0 amide bonds. The Morgan fingerprint density at radius 2 is 2.00 bits per heavy atom. The Balaban J connectivity index is 1.89. The van der Waals surface area contributed by atoms with Crippen molar-refractivity contribution >= 4 is 11.8 Å². The molecule has 4 rings (SSSR count). The Labute approximate surface area is 149 Å². The van der Waals surface area contributed by atoms with Crippen LogP contribution in [0.4, 0.5) is 0 Å². The van der Waals surface area contributed by atoms with E-state index in [1.54, 1.807) is 11.8 Å². The molecule has 0 aromatic heterocycles. The largest absolute Gasteiger partial charge is 0.295 e. The van der Waals surface area contributed by atoms with Crippen molar-refractivity contribution in [3.05, 3.63) is 77.9 Å². The van der Waals surface area contributed by atoms with Gasteiger partial charge in [0, 0.05) is 22.9 Å². The second-order valence-corrected chi connectivity index (χ2v) is 7.90. The van der Waals surface area contributed by atoms with E-state index in [2.05, 4.69) is 72.3 Å². The van der Waals surface area contributed by atoms with Crippen molar-refractivity contribution in [3.63, 3.8) is 0 Å². The molecule has 2 aliphatic heterocycles. The number of hydrogen-bond acceptors (Lipinski definition) is 2. The Bertz CT molecular complexity index is 736. The standard InChI is InChI=1S/C22H25NS/c1-3-14-22(17-10-12-18(24-2)13-11-17)16-23-15-6-9-21(23)19-7-4-5-8-20(19)22/h3-5,7-8,10-13,21H,1,6,9,14-16H2,2H3/t21-,22-/m0/s1. The van der Waals surface area contributed by atoms with Crippen LogP contribution >= 0.6 is 11.8 Å². The van der Waals surface area contributed by atoms with Crippen LogP contribution < -0.4 is 0 Å². The van der Waals surface area contributed by atoms with E-state index in [1.165, 1.54) is 41.0 Å². The van der Waals surface area contributed by atoms with Crippen molar-refractivity contribution in [2.45, 2.75) is 35.6 Å². The van der Waals surface area contributed by atoms with Crippen LogP contribution in [0.1, 0.15) is 42.0 Å². The molecular formula is C22H25NS. The van der Waals surface area contributed by atoms with Gasteiger partial charge in [0.15, 0.2) is 0 Å². The van der Waals surface area contributed by atoms with Gasteiger partial charge in [-0.1, -0.05) is 42.5 Å². The number of rotatable bonds is 4. The van der Waals surface area contributed by atoms with Crippen molar-refractivity contribution in [3.8, 4) is 0 Å². The summed E-state index contributed by atoms with van der Waals surface area (Å²) in [7, 11) is 0. The van der Waals surface area contributed by atoms with Crippen molar-refractivity contribution in [2.24, 2.45) is 0 Å². The van der Waals surface area contributed by atoms with Gasteiger partial charge in [-0.25, -0.2) is 0 Å². The third-order valence-electron chi connectivity index (χ3n) is 5.81. The Hall–Kier alpha value is -1.51. The van der Waals surface area contributed by atoms with Crippen LogP contribution in [0.15, 0.2) is 66.1 Å². The van der Waals surface area contributed by atoms with E-state index < -0.39 is 0 Å². The lowest BCUT2D eigenvalue weighted by atomic mass is 9.67. The van der Waals surface area contributed by atoms with E-state index in [1.807, 2.05) is 0 Å². The third kappa shape index (κ3) is 2.44. The Morgan fingerprint density at radius 3 is 2.75 bits per heavy atom. The van der Waals surface area contributed by atoms with Gasteiger partial charge in [0.1, 0.15) is 0 Å². The number of nitrogens with zero attached hydrogens (tertiary/aromatic N) is 1. The van der Waals surface area contributed by atoms with Crippen LogP contribution in [0, 0.1) is 0 Å². The molecule has 24 heavy (non-hydrogen) atoms. The second-order valence-electron chi connectivity index (χ2n) is 7.02. The Kier molecular flexibility index (Phi) is 4.28. The maximum Gasteiger partial charge on any atom is 0.0367 e. The summed E-state index contributed by atoms with van der Waals surface area (Å²) < 4.78 is 0. The number of fused-ring (bicyclic) bond motifs is 3. The summed E-state index contributed by atoms with van der Waals surface area (Å²) in [4.78, 5) is 4.03. The molecule has 2 aromatic rings. The number of thioether (sulfide) groups is 1. The second kappa shape index (κ2) is 6.42. The first kappa shape index (κ1) is 16.0. The molecule has 2 heterocycles. The van der Waals surface area contributed by atoms with Gasteiger partial charge in [0.25, 0.3) is 0 Å². The van der Waals surface area contributed by atoms with Gasteiger partial charge in [-0.3, -0.25) is 4.90 Å². The molecule has 0 aliphatic carbocycles. The molecule has 0 saturated carbocycles. The first-order chi connectivity index (χ1) is 11.8. The van der Waals surface area contributed by atoms with Crippen molar-refractivity contribution in [1.82, 2.24) is 4.90 Å². The highest BCUT2D eigenvalue weighted by atomic mass is 32.2. The molecule has 2 heteroatoms. The van der Waals surface area contributed by atoms with Crippen molar-refractivity contribution in [1.29, 1.82) is 0 Å². The summed E-state index contributed by atoms with van der Waals surface area (Å²) in [6.07, 6.45) is 7.85. The van der Waals surface area contributed by atoms with Gasteiger partial charge in [-0.15, -0.1) is 18.3 Å². The molecule has 2 aliphatic rings. The van der Waals surface area contributed by atoms with Gasteiger partial charge in [-0.05, 0) is 60.9 Å². The molecule has 124 valence electrons. The smallest absolute Gasteiger partial charge is 0.0367 e. The molecule has 1 nitrogen and oxygen atoms in total. The zero-order valence-corrected chi connectivity index (χ0v) is 15.2. The summed E-state index contributed by atoms with van der Waals surface area (Å²) in [5.41, 5.74) is 4.52. The van der Waals surface area contributed by atoms with Crippen LogP contribution in [0.2, 0.25) is 0 Å². The fourth-order valence-electron chi connectivity index (χ4n) is 4.72. The van der Waals surface area contributed by atoms with Crippen LogP contribution in [-0.4, -0.2) is 24.2 Å². The van der Waals surface area contributed by atoms with Crippen LogP contribution in [0.5, 0.6) is 0 Å². The average Bonchev–Trinajstić information content (AvgIpc) is 3.10. The minimum absolute atomic E-state index is 0.0378. The molecular weight excluding hydrogens is 310 g/mol. The van der Waals surface area contributed by atoms with E-state index in [0.29, 0.717) is 6.04 Å². The normalized spacial score (nSPS) is 26.0. The van der Waals surface area contributed by atoms with Crippen LogP contribution in [-0.2, 0) is 5.41 Å². The van der Waals surface area contributed by atoms with E-state index in [4.69, 9.17) is 0 Å². The molecule has 0 spiro atoms. The predicted molar refractivity (Wildman–Crippen MR) is 104 cm³/mol. The minimum atomic E-state index is 0.0378. The molecule has 2 aromatic carbocycles. The first-order valence-electron chi connectivity index (χ1n) is 8.87. The number of hydrogen-bond donors (Lipinski definition) is 0. The van der Waals surface area contributed by atoms with E-state index in [-0.39, 0.29) is 5.41 Å². The van der Waals surface area contributed by atoms with Gasteiger partial charge in [-0.2, -0.15) is 0 Å². The maximum absolute atomic E-state index is 4.09. The summed E-state index contributed by atoms with van der Waals surface area (Å²) in [6, 6.07) is 18.9. The Morgan fingerprint density at radius 1 is 1.21 bits per heavy atom. The molecule has 0 N–H and O–H groups in total. The summed E-state index contributed by atoms with van der Waals surface area (Å²) in [5.74, 6) is 0. The van der Waals surface area contributed by atoms with E-state index >= 15 is 0 Å². The topological polar surface area (TPSA) is 3.24 Å². The zero-order chi connectivity index (χ0) is 16.6. The minimum Gasteiger partial charge on any atom is -0.295 e.